The predicted molar refractivity (Wildman–Crippen MR) is 53.2 cm³/mol. The monoisotopic (exact) mass is 292 g/mol. The lowest BCUT2D eigenvalue weighted by Crippen LogP contribution is -2.00. The maximum atomic E-state index is 10.4. The molecule has 0 bridgehead atoms. The summed E-state index contributed by atoms with van der Waals surface area (Å²) in [4.78, 5) is 10.4. The highest BCUT2D eigenvalue weighted by atomic mass is 79.9. The normalized spacial score (nSPS) is 9.83. The fraction of sp³-hybridized carbons (Fsp3) is 0.125. The maximum Gasteiger partial charge on any atom is 0.307 e. The van der Waals surface area contributed by atoms with Crippen molar-refractivity contribution in [2.75, 3.05) is 0 Å². The Kier molecular flexibility index (Phi) is 3.29. The highest BCUT2D eigenvalue weighted by Crippen LogP contribution is 2.22. The van der Waals surface area contributed by atoms with Gasteiger partial charge in [-0.2, -0.15) is 0 Å². The number of carbonyl (C=O) groups is 1. The Morgan fingerprint density at radius 1 is 1.42 bits per heavy atom. The van der Waals surface area contributed by atoms with Gasteiger partial charge in [0.25, 0.3) is 0 Å². The zero-order valence-electron chi connectivity index (χ0n) is 6.05. The van der Waals surface area contributed by atoms with Gasteiger partial charge in [-0.15, -0.1) is 0 Å². The molecule has 4 heteroatoms. The van der Waals surface area contributed by atoms with Crippen molar-refractivity contribution in [1.82, 2.24) is 0 Å². The number of rotatable bonds is 2. The van der Waals surface area contributed by atoms with Crippen LogP contribution in [0.25, 0.3) is 0 Å². The molecule has 64 valence electrons. The average molecular weight is 294 g/mol. The van der Waals surface area contributed by atoms with E-state index >= 15 is 0 Å². The molecule has 0 radical (unpaired) electrons. The molecule has 1 aromatic carbocycles. The van der Waals surface area contributed by atoms with Gasteiger partial charge in [0.1, 0.15) is 0 Å². The van der Waals surface area contributed by atoms with Gasteiger partial charge in [-0.1, -0.05) is 37.9 Å². The molecule has 1 N–H and O–H groups in total. The Bertz CT molecular complexity index is 310. The Labute approximate surface area is 86.9 Å². The minimum atomic E-state index is -0.821. The summed E-state index contributed by atoms with van der Waals surface area (Å²) < 4.78 is 1.75. The van der Waals surface area contributed by atoms with Gasteiger partial charge in [0.2, 0.25) is 0 Å². The van der Waals surface area contributed by atoms with Gasteiger partial charge in [0.05, 0.1) is 6.42 Å². The number of hydrogen-bond acceptors (Lipinski definition) is 1. The Balaban J connectivity index is 2.93. The van der Waals surface area contributed by atoms with Crippen molar-refractivity contribution >= 4 is 37.8 Å². The van der Waals surface area contributed by atoms with E-state index in [1.54, 1.807) is 6.07 Å². The summed E-state index contributed by atoms with van der Waals surface area (Å²) in [5.74, 6) is -0.821. The van der Waals surface area contributed by atoms with Crippen molar-refractivity contribution in [3.8, 4) is 0 Å². The van der Waals surface area contributed by atoms with Gasteiger partial charge in [-0.3, -0.25) is 4.79 Å². The molecule has 0 saturated carbocycles. The number of aliphatic carboxylic acids is 1. The first-order valence-electron chi connectivity index (χ1n) is 3.25. The number of benzene rings is 1. The van der Waals surface area contributed by atoms with Crippen LogP contribution in [0.5, 0.6) is 0 Å². The summed E-state index contributed by atoms with van der Waals surface area (Å²) in [6, 6.07) is 5.43. The van der Waals surface area contributed by atoms with Crippen LogP contribution in [-0.4, -0.2) is 11.1 Å². The van der Waals surface area contributed by atoms with Crippen LogP contribution in [-0.2, 0) is 11.2 Å². The summed E-state index contributed by atoms with van der Waals surface area (Å²) in [5.41, 5.74) is 0.783. The van der Waals surface area contributed by atoms with Crippen LogP contribution in [0.15, 0.2) is 27.1 Å². The molecular formula is C8H6Br2O2. The molecule has 0 aliphatic rings. The van der Waals surface area contributed by atoms with E-state index < -0.39 is 5.97 Å². The average Bonchev–Trinajstić information content (AvgIpc) is 1.94. The third kappa shape index (κ3) is 2.60. The first-order valence-corrected chi connectivity index (χ1v) is 4.84. The number of carboxylic acids is 1. The van der Waals surface area contributed by atoms with Crippen LogP contribution in [0.2, 0.25) is 0 Å². The van der Waals surface area contributed by atoms with E-state index in [1.807, 2.05) is 12.1 Å². The molecule has 0 heterocycles. The molecule has 1 aromatic rings. The zero-order valence-corrected chi connectivity index (χ0v) is 9.22. The number of halogens is 2. The fourth-order valence-electron chi connectivity index (χ4n) is 0.828. The topological polar surface area (TPSA) is 37.3 Å². The Morgan fingerprint density at radius 2 is 2.08 bits per heavy atom. The molecule has 0 amide bonds. The summed E-state index contributed by atoms with van der Waals surface area (Å²) in [6.07, 6.45) is 0.0495. The molecule has 0 aliphatic carbocycles. The Hall–Kier alpha value is -0.350. The molecule has 0 spiro atoms. The molecule has 2 nitrogen and oxygen atoms in total. The maximum absolute atomic E-state index is 10.4. The smallest absolute Gasteiger partial charge is 0.307 e. The molecule has 0 aliphatic heterocycles. The fourth-order valence-corrected chi connectivity index (χ4v) is 2.02. The molecule has 0 aromatic heterocycles. The molecule has 0 unspecified atom stereocenters. The third-order valence-corrected chi connectivity index (χ3v) is 2.59. The van der Waals surface area contributed by atoms with Gasteiger partial charge < -0.3 is 5.11 Å². The van der Waals surface area contributed by atoms with Crippen LogP contribution < -0.4 is 0 Å². The van der Waals surface area contributed by atoms with Crippen LogP contribution in [0, 0.1) is 0 Å². The van der Waals surface area contributed by atoms with Crippen LogP contribution in [0.4, 0.5) is 0 Å². The summed E-state index contributed by atoms with van der Waals surface area (Å²) >= 11 is 6.57. The van der Waals surface area contributed by atoms with Crippen molar-refractivity contribution in [3.63, 3.8) is 0 Å². The van der Waals surface area contributed by atoms with E-state index in [9.17, 15) is 4.79 Å². The summed E-state index contributed by atoms with van der Waals surface area (Å²) in [7, 11) is 0. The van der Waals surface area contributed by atoms with Gasteiger partial charge >= 0.3 is 5.97 Å². The Morgan fingerprint density at radius 3 is 2.58 bits per heavy atom. The largest absolute Gasteiger partial charge is 0.481 e. The first kappa shape index (κ1) is 9.74. The quantitative estimate of drug-likeness (QED) is 0.910. The molecule has 0 fully saturated rings. The van der Waals surface area contributed by atoms with Crippen LogP contribution in [0.1, 0.15) is 5.56 Å². The predicted octanol–water partition coefficient (Wildman–Crippen LogP) is 2.84. The summed E-state index contributed by atoms with van der Waals surface area (Å²) in [5, 5.41) is 8.53. The highest BCUT2D eigenvalue weighted by Gasteiger charge is 2.04. The molecular weight excluding hydrogens is 288 g/mol. The highest BCUT2D eigenvalue weighted by molar-refractivity contribution is 9.11. The van der Waals surface area contributed by atoms with Gasteiger partial charge in [-0.05, 0) is 17.7 Å². The minimum absolute atomic E-state index is 0.0495. The van der Waals surface area contributed by atoms with Gasteiger partial charge in [0, 0.05) is 8.95 Å². The van der Waals surface area contributed by atoms with E-state index in [0.29, 0.717) is 0 Å². The lowest BCUT2D eigenvalue weighted by Gasteiger charge is -2.00. The lowest BCUT2D eigenvalue weighted by atomic mass is 10.2. The second-order valence-electron chi connectivity index (χ2n) is 2.31. The zero-order chi connectivity index (χ0) is 9.14. The van der Waals surface area contributed by atoms with E-state index in [-0.39, 0.29) is 6.42 Å². The van der Waals surface area contributed by atoms with E-state index in [4.69, 9.17) is 5.11 Å². The van der Waals surface area contributed by atoms with Crippen molar-refractivity contribution < 1.29 is 9.90 Å². The molecule has 0 saturated heterocycles. The standard InChI is InChI=1S/C8H6Br2O2/c9-6-2-1-5(3-8(11)12)7(10)4-6/h1-2,4H,3H2,(H,11,12). The molecule has 12 heavy (non-hydrogen) atoms. The third-order valence-electron chi connectivity index (χ3n) is 1.36. The number of carboxylic acid groups (broad SMARTS) is 1. The second-order valence-corrected chi connectivity index (χ2v) is 4.08. The van der Waals surface area contributed by atoms with Crippen molar-refractivity contribution in [3.05, 3.63) is 32.7 Å². The second kappa shape index (κ2) is 4.05. The molecule has 0 atom stereocenters. The van der Waals surface area contributed by atoms with E-state index in [0.717, 1.165) is 14.5 Å². The minimum Gasteiger partial charge on any atom is -0.481 e. The van der Waals surface area contributed by atoms with Crippen LogP contribution >= 0.6 is 31.9 Å². The van der Waals surface area contributed by atoms with Gasteiger partial charge in [-0.25, -0.2) is 0 Å². The van der Waals surface area contributed by atoms with E-state index in [2.05, 4.69) is 31.9 Å². The summed E-state index contributed by atoms with van der Waals surface area (Å²) in [6.45, 7) is 0. The SMILES string of the molecule is O=C(O)Cc1ccc(Br)cc1Br. The first-order chi connectivity index (χ1) is 5.59. The molecule has 1 rings (SSSR count). The van der Waals surface area contributed by atoms with Crippen molar-refractivity contribution in [2.45, 2.75) is 6.42 Å². The lowest BCUT2D eigenvalue weighted by molar-refractivity contribution is -0.136. The van der Waals surface area contributed by atoms with E-state index in [1.165, 1.54) is 0 Å². The number of hydrogen-bond donors (Lipinski definition) is 1. The van der Waals surface area contributed by atoms with Crippen LogP contribution in [0.3, 0.4) is 0 Å². The van der Waals surface area contributed by atoms with Crippen molar-refractivity contribution in [1.29, 1.82) is 0 Å². The van der Waals surface area contributed by atoms with Crippen molar-refractivity contribution in [2.24, 2.45) is 0 Å². The van der Waals surface area contributed by atoms with Gasteiger partial charge in [0.15, 0.2) is 0 Å².